The fourth-order valence-electron chi connectivity index (χ4n) is 1.31. The minimum absolute atomic E-state index is 0. The SMILES string of the molecule is COc1ccccc1-c1ccncn1.N. The Labute approximate surface area is 88.5 Å². The number of para-hydroxylation sites is 1. The Morgan fingerprint density at radius 2 is 1.93 bits per heavy atom. The van der Waals surface area contributed by atoms with Crippen LogP contribution in [0.15, 0.2) is 42.9 Å². The summed E-state index contributed by atoms with van der Waals surface area (Å²) < 4.78 is 5.24. The number of nitrogens with zero attached hydrogens (tertiary/aromatic N) is 2. The lowest BCUT2D eigenvalue weighted by molar-refractivity contribution is 0.416. The average Bonchev–Trinajstić information content (AvgIpc) is 2.30. The summed E-state index contributed by atoms with van der Waals surface area (Å²) in [5.41, 5.74) is 1.86. The molecule has 1 heterocycles. The zero-order valence-corrected chi connectivity index (χ0v) is 8.55. The molecule has 1 aromatic carbocycles. The highest BCUT2D eigenvalue weighted by Crippen LogP contribution is 2.26. The molecule has 0 atom stereocenters. The average molecular weight is 203 g/mol. The second-order valence-corrected chi connectivity index (χ2v) is 2.79. The molecule has 0 saturated carbocycles. The Kier molecular flexibility index (Phi) is 3.76. The van der Waals surface area contributed by atoms with Crippen molar-refractivity contribution in [2.24, 2.45) is 0 Å². The van der Waals surface area contributed by atoms with Gasteiger partial charge >= 0.3 is 0 Å². The fraction of sp³-hybridized carbons (Fsp3) is 0.0909. The molecular formula is C11H13N3O. The Hall–Kier alpha value is -1.94. The summed E-state index contributed by atoms with van der Waals surface area (Å²) >= 11 is 0. The van der Waals surface area contributed by atoms with Gasteiger partial charge in [-0.25, -0.2) is 9.97 Å². The molecule has 0 amide bonds. The lowest BCUT2D eigenvalue weighted by Gasteiger charge is -2.06. The Morgan fingerprint density at radius 3 is 2.60 bits per heavy atom. The molecule has 78 valence electrons. The van der Waals surface area contributed by atoms with Crippen molar-refractivity contribution >= 4 is 0 Å². The maximum absolute atomic E-state index is 5.24. The summed E-state index contributed by atoms with van der Waals surface area (Å²) in [5, 5.41) is 0. The summed E-state index contributed by atoms with van der Waals surface area (Å²) in [7, 11) is 1.65. The van der Waals surface area contributed by atoms with Gasteiger partial charge in [-0.3, -0.25) is 0 Å². The first kappa shape index (κ1) is 11.1. The summed E-state index contributed by atoms with van der Waals surface area (Å²) in [4.78, 5) is 8.04. The molecule has 0 unspecified atom stereocenters. The number of hydrogen-bond acceptors (Lipinski definition) is 4. The second-order valence-electron chi connectivity index (χ2n) is 2.79. The maximum Gasteiger partial charge on any atom is 0.128 e. The molecule has 4 nitrogen and oxygen atoms in total. The van der Waals surface area contributed by atoms with Crippen LogP contribution in [0.3, 0.4) is 0 Å². The monoisotopic (exact) mass is 203 g/mol. The Morgan fingerprint density at radius 1 is 1.13 bits per heavy atom. The van der Waals surface area contributed by atoms with Crippen molar-refractivity contribution in [2.75, 3.05) is 7.11 Å². The van der Waals surface area contributed by atoms with E-state index < -0.39 is 0 Å². The molecule has 0 saturated heterocycles. The molecule has 2 aromatic rings. The van der Waals surface area contributed by atoms with Crippen LogP contribution >= 0.6 is 0 Å². The van der Waals surface area contributed by atoms with E-state index in [-0.39, 0.29) is 6.15 Å². The first-order valence-electron chi connectivity index (χ1n) is 4.31. The van der Waals surface area contributed by atoms with Gasteiger partial charge < -0.3 is 10.9 Å². The van der Waals surface area contributed by atoms with Crippen molar-refractivity contribution in [1.82, 2.24) is 16.1 Å². The van der Waals surface area contributed by atoms with Gasteiger partial charge in [0.2, 0.25) is 0 Å². The van der Waals surface area contributed by atoms with Crippen molar-refractivity contribution in [3.05, 3.63) is 42.9 Å². The fourth-order valence-corrected chi connectivity index (χ4v) is 1.31. The number of ether oxygens (including phenoxy) is 1. The molecule has 0 spiro atoms. The number of aromatic nitrogens is 2. The second kappa shape index (κ2) is 5.07. The Balaban J connectivity index is 0.00000112. The van der Waals surface area contributed by atoms with Gasteiger partial charge in [-0.05, 0) is 18.2 Å². The lowest BCUT2D eigenvalue weighted by Crippen LogP contribution is -1.89. The molecule has 0 radical (unpaired) electrons. The molecule has 0 bridgehead atoms. The third-order valence-corrected chi connectivity index (χ3v) is 1.96. The summed E-state index contributed by atoms with van der Waals surface area (Å²) in [6.07, 6.45) is 3.25. The van der Waals surface area contributed by atoms with Crippen LogP contribution < -0.4 is 10.9 Å². The quantitative estimate of drug-likeness (QED) is 0.813. The van der Waals surface area contributed by atoms with Crippen LogP contribution in [0.1, 0.15) is 0 Å². The molecule has 0 aliphatic heterocycles. The molecule has 3 N–H and O–H groups in total. The lowest BCUT2D eigenvalue weighted by atomic mass is 10.1. The zero-order valence-electron chi connectivity index (χ0n) is 8.55. The highest BCUT2D eigenvalue weighted by atomic mass is 16.5. The molecule has 0 fully saturated rings. The van der Waals surface area contributed by atoms with Crippen molar-refractivity contribution < 1.29 is 4.74 Å². The van der Waals surface area contributed by atoms with Gasteiger partial charge in [0.25, 0.3) is 0 Å². The van der Waals surface area contributed by atoms with Gasteiger partial charge in [-0.1, -0.05) is 12.1 Å². The first-order chi connectivity index (χ1) is 6.92. The highest BCUT2D eigenvalue weighted by molar-refractivity contribution is 5.66. The van der Waals surface area contributed by atoms with Crippen molar-refractivity contribution in [3.8, 4) is 17.0 Å². The normalized spacial score (nSPS) is 9.13. The third kappa shape index (κ3) is 2.30. The van der Waals surface area contributed by atoms with Crippen molar-refractivity contribution in [2.45, 2.75) is 0 Å². The molecule has 1 aromatic heterocycles. The van der Waals surface area contributed by atoms with Crippen molar-refractivity contribution in [3.63, 3.8) is 0 Å². The smallest absolute Gasteiger partial charge is 0.128 e. The Bertz CT molecular complexity index is 417. The van der Waals surface area contributed by atoms with Crippen LogP contribution in [-0.2, 0) is 0 Å². The van der Waals surface area contributed by atoms with Crippen LogP contribution in [0.25, 0.3) is 11.3 Å². The van der Waals surface area contributed by atoms with E-state index in [1.807, 2.05) is 30.3 Å². The van der Waals surface area contributed by atoms with E-state index in [0.29, 0.717) is 0 Å². The van der Waals surface area contributed by atoms with Crippen LogP contribution in [0.5, 0.6) is 5.75 Å². The molecule has 15 heavy (non-hydrogen) atoms. The third-order valence-electron chi connectivity index (χ3n) is 1.96. The van der Waals surface area contributed by atoms with E-state index in [4.69, 9.17) is 4.74 Å². The van der Waals surface area contributed by atoms with Crippen LogP contribution in [0.4, 0.5) is 0 Å². The largest absolute Gasteiger partial charge is 0.496 e. The highest BCUT2D eigenvalue weighted by Gasteiger charge is 2.04. The van der Waals surface area contributed by atoms with Crippen LogP contribution in [-0.4, -0.2) is 17.1 Å². The molecule has 4 heteroatoms. The van der Waals surface area contributed by atoms with E-state index in [0.717, 1.165) is 17.0 Å². The van der Waals surface area contributed by atoms with Gasteiger partial charge in [0, 0.05) is 11.8 Å². The number of hydrogen-bond donors (Lipinski definition) is 1. The molecule has 0 aliphatic carbocycles. The van der Waals surface area contributed by atoms with E-state index >= 15 is 0 Å². The predicted molar refractivity (Wildman–Crippen MR) is 59.0 cm³/mol. The predicted octanol–water partition coefficient (Wildman–Crippen LogP) is 2.31. The van der Waals surface area contributed by atoms with Crippen LogP contribution in [0, 0.1) is 0 Å². The van der Waals surface area contributed by atoms with Gasteiger partial charge in [0.05, 0.1) is 12.8 Å². The van der Waals surface area contributed by atoms with E-state index in [1.54, 1.807) is 13.3 Å². The minimum Gasteiger partial charge on any atom is -0.496 e. The van der Waals surface area contributed by atoms with Gasteiger partial charge in [-0.2, -0.15) is 0 Å². The summed E-state index contributed by atoms with van der Waals surface area (Å²) in [6, 6.07) is 9.64. The zero-order chi connectivity index (χ0) is 9.80. The van der Waals surface area contributed by atoms with Crippen LogP contribution in [0.2, 0.25) is 0 Å². The summed E-state index contributed by atoms with van der Waals surface area (Å²) in [6.45, 7) is 0. The first-order valence-corrected chi connectivity index (χ1v) is 4.31. The number of benzene rings is 1. The minimum atomic E-state index is 0. The van der Waals surface area contributed by atoms with E-state index in [9.17, 15) is 0 Å². The summed E-state index contributed by atoms with van der Waals surface area (Å²) in [5.74, 6) is 0.825. The molecule has 0 aliphatic rings. The van der Waals surface area contributed by atoms with E-state index in [1.165, 1.54) is 6.33 Å². The number of rotatable bonds is 2. The molecule has 2 rings (SSSR count). The van der Waals surface area contributed by atoms with Gasteiger partial charge in [0.15, 0.2) is 0 Å². The van der Waals surface area contributed by atoms with Gasteiger partial charge in [-0.15, -0.1) is 0 Å². The van der Waals surface area contributed by atoms with Crippen molar-refractivity contribution in [1.29, 1.82) is 0 Å². The molecular weight excluding hydrogens is 190 g/mol. The van der Waals surface area contributed by atoms with E-state index in [2.05, 4.69) is 9.97 Å². The maximum atomic E-state index is 5.24. The number of methoxy groups -OCH3 is 1. The standard InChI is InChI=1S/C11H10N2O.H3N/c1-14-11-5-3-2-4-9(11)10-6-7-12-8-13-10;/h2-8H,1H3;1H3. The topological polar surface area (TPSA) is 70.0 Å². The van der Waals surface area contributed by atoms with Gasteiger partial charge in [0.1, 0.15) is 12.1 Å².